The average Bonchev–Trinajstić information content (AvgIpc) is 2.77. The lowest BCUT2D eigenvalue weighted by atomic mass is 9.94. The zero-order chi connectivity index (χ0) is 20.1. The van der Waals surface area contributed by atoms with Gasteiger partial charge in [0.05, 0.1) is 22.1 Å². The van der Waals surface area contributed by atoms with E-state index < -0.39 is 0 Å². The highest BCUT2D eigenvalue weighted by Crippen LogP contribution is 2.34. The summed E-state index contributed by atoms with van der Waals surface area (Å²) in [5.41, 5.74) is 3.54. The van der Waals surface area contributed by atoms with Gasteiger partial charge in [-0.2, -0.15) is 0 Å². The Balaban J connectivity index is 1.51. The number of aliphatic imine (C=N–C) groups is 1. The summed E-state index contributed by atoms with van der Waals surface area (Å²) in [6, 6.07) is 21.0. The van der Waals surface area contributed by atoms with Crippen LogP contribution < -0.4 is 0 Å². The maximum Gasteiger partial charge on any atom is 0.0602 e. The molecule has 1 aromatic heterocycles. The quantitative estimate of drug-likeness (QED) is 0.466. The van der Waals surface area contributed by atoms with Crippen molar-refractivity contribution < 1.29 is 0 Å². The monoisotopic (exact) mass is 423 g/mol. The Morgan fingerprint density at radius 2 is 1.62 bits per heavy atom. The molecule has 4 rings (SSSR count). The van der Waals surface area contributed by atoms with Crippen molar-refractivity contribution in [3.63, 3.8) is 0 Å². The number of nitrogens with zero attached hydrogens (tertiary/aromatic N) is 3. The first kappa shape index (κ1) is 20.1. The third kappa shape index (κ3) is 5.05. The minimum atomic E-state index is 0.163. The van der Waals surface area contributed by atoms with Crippen LogP contribution in [-0.4, -0.2) is 35.2 Å². The number of pyridine rings is 1. The van der Waals surface area contributed by atoms with Gasteiger partial charge in [0.15, 0.2) is 0 Å². The predicted molar refractivity (Wildman–Crippen MR) is 121 cm³/mol. The van der Waals surface area contributed by atoms with Crippen LogP contribution >= 0.6 is 23.2 Å². The van der Waals surface area contributed by atoms with Crippen molar-refractivity contribution in [2.45, 2.75) is 24.9 Å². The van der Waals surface area contributed by atoms with Gasteiger partial charge in [-0.15, -0.1) is 0 Å². The maximum atomic E-state index is 6.33. The molecule has 2 heterocycles. The summed E-state index contributed by atoms with van der Waals surface area (Å²) in [7, 11) is 0. The van der Waals surface area contributed by atoms with Crippen molar-refractivity contribution >= 4 is 29.4 Å². The fourth-order valence-electron chi connectivity index (χ4n) is 3.87. The third-order valence-electron chi connectivity index (χ3n) is 5.38. The summed E-state index contributed by atoms with van der Waals surface area (Å²) in [6.45, 7) is 1.97. The van der Waals surface area contributed by atoms with E-state index in [9.17, 15) is 0 Å². The van der Waals surface area contributed by atoms with Gasteiger partial charge < -0.3 is 0 Å². The van der Waals surface area contributed by atoms with Crippen LogP contribution in [0.4, 0.5) is 0 Å². The van der Waals surface area contributed by atoms with Gasteiger partial charge in [-0.25, -0.2) is 0 Å². The lowest BCUT2D eigenvalue weighted by Crippen LogP contribution is -2.38. The molecule has 29 heavy (non-hydrogen) atoms. The molecule has 0 N–H and O–H groups in total. The Hall–Kier alpha value is -2.20. The summed E-state index contributed by atoms with van der Waals surface area (Å²) in [6.07, 6.45) is 7.63. The predicted octanol–water partition coefficient (Wildman–Crippen LogP) is 6.06. The average molecular weight is 424 g/mol. The van der Waals surface area contributed by atoms with Gasteiger partial charge in [-0.3, -0.25) is 14.9 Å². The molecule has 0 aliphatic carbocycles. The van der Waals surface area contributed by atoms with Gasteiger partial charge in [-0.05, 0) is 53.8 Å². The molecule has 1 aliphatic rings. The van der Waals surface area contributed by atoms with E-state index in [1.54, 1.807) is 12.4 Å². The van der Waals surface area contributed by atoms with Gasteiger partial charge in [0.1, 0.15) is 0 Å². The number of hydrogen-bond acceptors (Lipinski definition) is 3. The molecule has 0 bridgehead atoms. The number of benzene rings is 2. The first-order valence-electron chi connectivity index (χ1n) is 9.88. The summed E-state index contributed by atoms with van der Waals surface area (Å²) in [5.74, 6) is 0. The molecule has 0 saturated carbocycles. The van der Waals surface area contributed by atoms with Gasteiger partial charge in [0.25, 0.3) is 0 Å². The van der Waals surface area contributed by atoms with Crippen LogP contribution in [0, 0.1) is 0 Å². The number of aromatic nitrogens is 1. The van der Waals surface area contributed by atoms with Crippen LogP contribution in [0.2, 0.25) is 10.0 Å². The molecule has 1 fully saturated rings. The fourth-order valence-corrected chi connectivity index (χ4v) is 4.17. The second-order valence-electron chi connectivity index (χ2n) is 7.31. The molecule has 3 aromatic rings. The van der Waals surface area contributed by atoms with Gasteiger partial charge in [0.2, 0.25) is 0 Å². The normalized spacial score (nSPS) is 16.9. The van der Waals surface area contributed by atoms with Crippen molar-refractivity contribution in [2.75, 3.05) is 13.1 Å². The van der Waals surface area contributed by atoms with E-state index in [2.05, 4.69) is 46.3 Å². The Morgan fingerprint density at radius 3 is 2.31 bits per heavy atom. The molecule has 1 aliphatic heterocycles. The molecule has 148 valence electrons. The van der Waals surface area contributed by atoms with E-state index in [-0.39, 0.29) is 6.04 Å². The molecule has 1 unspecified atom stereocenters. The number of rotatable bonds is 5. The molecule has 1 saturated heterocycles. The molecule has 0 amide bonds. The second kappa shape index (κ2) is 9.53. The van der Waals surface area contributed by atoms with Crippen LogP contribution in [0.25, 0.3) is 0 Å². The van der Waals surface area contributed by atoms with E-state index >= 15 is 0 Å². The third-order valence-corrected chi connectivity index (χ3v) is 6.12. The van der Waals surface area contributed by atoms with E-state index in [4.69, 9.17) is 28.2 Å². The van der Waals surface area contributed by atoms with Crippen LogP contribution in [0.1, 0.15) is 35.6 Å². The Labute approximate surface area is 182 Å². The number of halogens is 2. The number of piperidine rings is 1. The maximum absolute atomic E-state index is 6.33. The highest BCUT2D eigenvalue weighted by Gasteiger charge is 2.27. The SMILES string of the molecule is Clc1ccc(C(c2ccccc2)N2CCC(/N=C/c3ccncc3)CC2)cc1Cl. The Bertz CT molecular complexity index is 952. The van der Waals surface area contributed by atoms with Crippen molar-refractivity contribution in [2.24, 2.45) is 4.99 Å². The molecular formula is C24H23Cl2N3. The second-order valence-corrected chi connectivity index (χ2v) is 8.13. The topological polar surface area (TPSA) is 28.5 Å². The first-order valence-corrected chi connectivity index (χ1v) is 10.6. The van der Waals surface area contributed by atoms with Gasteiger partial charge in [-0.1, -0.05) is 59.6 Å². The number of likely N-dealkylation sites (tertiary alicyclic amines) is 1. The first-order chi connectivity index (χ1) is 14.2. The minimum Gasteiger partial charge on any atom is -0.292 e. The minimum absolute atomic E-state index is 0.163. The summed E-state index contributed by atoms with van der Waals surface area (Å²) in [4.78, 5) is 11.4. The molecule has 1 atom stereocenters. The number of hydrogen-bond donors (Lipinski definition) is 0. The van der Waals surface area contributed by atoms with Crippen LogP contribution in [0.5, 0.6) is 0 Å². The Morgan fingerprint density at radius 1 is 0.897 bits per heavy atom. The zero-order valence-electron chi connectivity index (χ0n) is 16.1. The van der Waals surface area contributed by atoms with Crippen molar-refractivity contribution in [1.29, 1.82) is 0 Å². The zero-order valence-corrected chi connectivity index (χ0v) is 17.6. The largest absolute Gasteiger partial charge is 0.292 e. The highest BCUT2D eigenvalue weighted by atomic mass is 35.5. The Kier molecular flexibility index (Phi) is 6.60. The van der Waals surface area contributed by atoms with Crippen molar-refractivity contribution in [3.05, 3.63) is 99.8 Å². The molecule has 3 nitrogen and oxygen atoms in total. The summed E-state index contributed by atoms with van der Waals surface area (Å²) >= 11 is 12.5. The van der Waals surface area contributed by atoms with Crippen LogP contribution in [-0.2, 0) is 0 Å². The molecule has 0 spiro atoms. The standard InChI is InChI=1S/C24H23Cl2N3/c25-22-7-6-20(16-23(22)26)24(19-4-2-1-3-5-19)29-14-10-21(11-15-29)28-17-18-8-12-27-13-9-18/h1-9,12-13,16-17,21,24H,10-11,14-15H2/b28-17+. The van der Waals surface area contributed by atoms with Gasteiger partial charge in [0, 0.05) is 31.7 Å². The molecule has 5 heteroatoms. The molecule has 0 radical (unpaired) electrons. The highest BCUT2D eigenvalue weighted by molar-refractivity contribution is 6.42. The molecule has 2 aromatic carbocycles. The van der Waals surface area contributed by atoms with Crippen LogP contribution in [0.3, 0.4) is 0 Å². The lowest BCUT2D eigenvalue weighted by molar-refractivity contribution is 0.175. The summed E-state index contributed by atoms with van der Waals surface area (Å²) in [5, 5.41) is 1.19. The van der Waals surface area contributed by atoms with E-state index in [1.807, 2.05) is 30.5 Å². The van der Waals surface area contributed by atoms with E-state index in [0.717, 1.165) is 31.5 Å². The molecular weight excluding hydrogens is 401 g/mol. The summed E-state index contributed by atoms with van der Waals surface area (Å²) < 4.78 is 0. The van der Waals surface area contributed by atoms with E-state index in [1.165, 1.54) is 11.1 Å². The van der Waals surface area contributed by atoms with Crippen molar-refractivity contribution in [3.8, 4) is 0 Å². The van der Waals surface area contributed by atoms with Crippen molar-refractivity contribution in [1.82, 2.24) is 9.88 Å². The van der Waals surface area contributed by atoms with Crippen LogP contribution in [0.15, 0.2) is 78.0 Å². The van der Waals surface area contributed by atoms with Gasteiger partial charge >= 0.3 is 0 Å². The van der Waals surface area contributed by atoms with E-state index in [0.29, 0.717) is 16.1 Å². The fraction of sp³-hybridized carbons (Fsp3) is 0.250. The lowest BCUT2D eigenvalue weighted by Gasteiger charge is -2.37. The smallest absolute Gasteiger partial charge is 0.0602 e.